The third-order valence-electron chi connectivity index (χ3n) is 4.03. The van der Waals surface area contributed by atoms with Gasteiger partial charge in [-0.05, 0) is 42.5 Å². The maximum atomic E-state index is 13.7. The zero-order chi connectivity index (χ0) is 19.8. The van der Waals surface area contributed by atoms with Crippen molar-refractivity contribution >= 4 is 22.7 Å². The Bertz CT molecular complexity index is 1170. The lowest BCUT2D eigenvalue weighted by Crippen LogP contribution is -2.16. The van der Waals surface area contributed by atoms with Gasteiger partial charge in [0.25, 0.3) is 5.91 Å². The molecule has 0 atom stereocenters. The van der Waals surface area contributed by atoms with Crippen LogP contribution in [0.2, 0.25) is 0 Å². The molecule has 4 aromatic rings. The second kappa shape index (κ2) is 6.80. The van der Waals surface area contributed by atoms with E-state index in [9.17, 15) is 22.4 Å². The SMILES string of the molecule is O=C(Nc1ccc(-c2nc3ccccc3o2)cc1)c1cc(F)c(F)c(F)c1F. The zero-order valence-corrected chi connectivity index (χ0v) is 14.0. The smallest absolute Gasteiger partial charge is 0.258 e. The van der Waals surface area contributed by atoms with Gasteiger partial charge in [-0.25, -0.2) is 22.5 Å². The van der Waals surface area contributed by atoms with Gasteiger partial charge >= 0.3 is 0 Å². The highest BCUT2D eigenvalue weighted by Crippen LogP contribution is 2.26. The van der Waals surface area contributed by atoms with Crippen LogP contribution in [0.5, 0.6) is 0 Å². The average Bonchev–Trinajstić information content (AvgIpc) is 3.14. The summed E-state index contributed by atoms with van der Waals surface area (Å²) in [6.45, 7) is 0. The lowest BCUT2D eigenvalue weighted by molar-refractivity contribution is 0.102. The molecule has 0 aliphatic heterocycles. The maximum Gasteiger partial charge on any atom is 0.258 e. The Balaban J connectivity index is 1.57. The fraction of sp³-hybridized carbons (Fsp3) is 0. The number of hydrogen-bond acceptors (Lipinski definition) is 3. The first kappa shape index (κ1) is 17.7. The normalized spacial score (nSPS) is 11.0. The monoisotopic (exact) mass is 386 g/mol. The molecule has 0 unspecified atom stereocenters. The molecule has 4 rings (SSSR count). The molecule has 0 saturated heterocycles. The standard InChI is InChI=1S/C20H10F4N2O2/c21-13-9-12(16(22)18(24)17(13)23)19(27)25-11-7-5-10(6-8-11)20-26-14-3-1-2-4-15(14)28-20/h1-9H,(H,25,27). The van der Waals surface area contributed by atoms with E-state index >= 15 is 0 Å². The highest BCUT2D eigenvalue weighted by molar-refractivity contribution is 6.04. The molecule has 0 spiro atoms. The summed E-state index contributed by atoms with van der Waals surface area (Å²) in [5.41, 5.74) is 1.21. The van der Waals surface area contributed by atoms with Gasteiger partial charge in [0.05, 0.1) is 5.56 Å². The molecule has 1 N–H and O–H groups in total. The van der Waals surface area contributed by atoms with Gasteiger partial charge in [-0.15, -0.1) is 0 Å². The van der Waals surface area contributed by atoms with Crippen LogP contribution in [0.15, 0.2) is 59.0 Å². The van der Waals surface area contributed by atoms with E-state index in [4.69, 9.17) is 4.42 Å². The minimum absolute atomic E-state index is 0.231. The Hall–Kier alpha value is -3.68. The third-order valence-corrected chi connectivity index (χ3v) is 4.03. The summed E-state index contributed by atoms with van der Waals surface area (Å²) >= 11 is 0. The zero-order valence-electron chi connectivity index (χ0n) is 14.0. The molecule has 0 bridgehead atoms. The van der Waals surface area contributed by atoms with E-state index < -0.39 is 34.7 Å². The summed E-state index contributed by atoms with van der Waals surface area (Å²) in [4.78, 5) is 16.4. The van der Waals surface area contributed by atoms with Gasteiger partial charge in [0.15, 0.2) is 28.9 Å². The van der Waals surface area contributed by atoms with Gasteiger partial charge in [-0.3, -0.25) is 4.79 Å². The van der Waals surface area contributed by atoms with E-state index in [1.165, 1.54) is 12.1 Å². The number of carbonyl (C=O) groups is 1. The lowest BCUT2D eigenvalue weighted by atomic mass is 10.1. The first-order valence-corrected chi connectivity index (χ1v) is 8.04. The third kappa shape index (κ3) is 3.09. The highest BCUT2D eigenvalue weighted by atomic mass is 19.2. The van der Waals surface area contributed by atoms with Gasteiger partial charge in [0.2, 0.25) is 5.89 Å². The van der Waals surface area contributed by atoms with E-state index in [1.807, 2.05) is 12.1 Å². The Labute approximate surface area is 155 Å². The molecule has 0 radical (unpaired) electrons. The number of amides is 1. The number of fused-ring (bicyclic) bond motifs is 1. The van der Waals surface area contributed by atoms with Crippen molar-refractivity contribution in [2.24, 2.45) is 0 Å². The van der Waals surface area contributed by atoms with Gasteiger partial charge < -0.3 is 9.73 Å². The molecule has 0 aliphatic rings. The fourth-order valence-electron chi connectivity index (χ4n) is 2.63. The van der Waals surface area contributed by atoms with Crippen molar-refractivity contribution in [3.63, 3.8) is 0 Å². The van der Waals surface area contributed by atoms with Crippen LogP contribution in [-0.4, -0.2) is 10.9 Å². The Morgan fingerprint density at radius 1 is 0.893 bits per heavy atom. The Morgan fingerprint density at radius 3 is 2.32 bits per heavy atom. The summed E-state index contributed by atoms with van der Waals surface area (Å²) in [5.74, 6) is -8.19. The number of aromatic nitrogens is 1. The fourth-order valence-corrected chi connectivity index (χ4v) is 2.63. The van der Waals surface area contributed by atoms with E-state index in [-0.39, 0.29) is 5.69 Å². The van der Waals surface area contributed by atoms with Gasteiger partial charge in [0, 0.05) is 11.3 Å². The predicted molar refractivity (Wildman–Crippen MR) is 93.7 cm³/mol. The summed E-state index contributed by atoms with van der Waals surface area (Å²) in [6, 6.07) is 13.7. The van der Waals surface area contributed by atoms with E-state index in [2.05, 4.69) is 10.3 Å². The predicted octanol–water partition coefficient (Wildman–Crippen LogP) is 5.30. The first-order chi connectivity index (χ1) is 13.4. The van der Waals surface area contributed by atoms with Crippen molar-refractivity contribution in [3.05, 3.63) is 83.4 Å². The average molecular weight is 386 g/mol. The van der Waals surface area contributed by atoms with Crippen LogP contribution in [0.25, 0.3) is 22.6 Å². The first-order valence-electron chi connectivity index (χ1n) is 8.04. The number of benzene rings is 3. The molecular formula is C20H10F4N2O2. The van der Waals surface area contributed by atoms with E-state index in [0.717, 1.165) is 0 Å². The van der Waals surface area contributed by atoms with Crippen LogP contribution >= 0.6 is 0 Å². The van der Waals surface area contributed by atoms with Crippen LogP contribution < -0.4 is 5.32 Å². The second-order valence-electron chi connectivity index (χ2n) is 5.87. The molecule has 1 aromatic heterocycles. The molecule has 0 saturated carbocycles. The molecule has 28 heavy (non-hydrogen) atoms. The Morgan fingerprint density at radius 2 is 1.61 bits per heavy atom. The van der Waals surface area contributed by atoms with Crippen LogP contribution in [0.1, 0.15) is 10.4 Å². The molecule has 4 nitrogen and oxygen atoms in total. The number of hydrogen-bond donors (Lipinski definition) is 1. The number of halogens is 4. The topological polar surface area (TPSA) is 55.1 Å². The van der Waals surface area contributed by atoms with Crippen molar-refractivity contribution < 1.29 is 26.8 Å². The highest BCUT2D eigenvalue weighted by Gasteiger charge is 2.23. The molecule has 8 heteroatoms. The maximum absolute atomic E-state index is 13.7. The van der Waals surface area contributed by atoms with Crippen LogP contribution in [0.4, 0.5) is 23.2 Å². The van der Waals surface area contributed by atoms with Crippen molar-refractivity contribution in [1.29, 1.82) is 0 Å². The molecule has 1 amide bonds. The number of anilines is 1. The molecule has 0 fully saturated rings. The van der Waals surface area contributed by atoms with Gasteiger partial charge in [-0.1, -0.05) is 12.1 Å². The van der Waals surface area contributed by atoms with Crippen LogP contribution in [-0.2, 0) is 0 Å². The van der Waals surface area contributed by atoms with Crippen molar-refractivity contribution in [1.82, 2.24) is 4.98 Å². The molecule has 3 aromatic carbocycles. The lowest BCUT2D eigenvalue weighted by Gasteiger charge is -2.08. The molecule has 1 heterocycles. The number of carbonyl (C=O) groups excluding carboxylic acids is 1. The van der Waals surface area contributed by atoms with Gasteiger partial charge in [-0.2, -0.15) is 0 Å². The number of oxazole rings is 1. The molecule has 140 valence electrons. The minimum Gasteiger partial charge on any atom is -0.436 e. The quantitative estimate of drug-likeness (QED) is 0.295. The van der Waals surface area contributed by atoms with Crippen molar-refractivity contribution in [2.75, 3.05) is 5.32 Å². The summed E-state index contributed by atoms with van der Waals surface area (Å²) in [5, 5.41) is 2.29. The number of rotatable bonds is 3. The number of para-hydroxylation sites is 2. The summed E-state index contributed by atoms with van der Waals surface area (Å²) in [6.07, 6.45) is 0. The van der Waals surface area contributed by atoms with E-state index in [1.54, 1.807) is 24.3 Å². The number of nitrogens with one attached hydrogen (secondary N) is 1. The number of nitrogens with zero attached hydrogens (tertiary/aromatic N) is 1. The molecular weight excluding hydrogens is 376 g/mol. The summed E-state index contributed by atoms with van der Waals surface area (Å²) < 4.78 is 58.9. The molecule has 0 aliphatic carbocycles. The van der Waals surface area contributed by atoms with E-state index in [0.29, 0.717) is 28.6 Å². The van der Waals surface area contributed by atoms with Crippen LogP contribution in [0.3, 0.4) is 0 Å². The van der Waals surface area contributed by atoms with Crippen molar-refractivity contribution in [3.8, 4) is 11.5 Å². The largest absolute Gasteiger partial charge is 0.436 e. The summed E-state index contributed by atoms with van der Waals surface area (Å²) in [7, 11) is 0. The van der Waals surface area contributed by atoms with Crippen LogP contribution in [0, 0.1) is 23.3 Å². The second-order valence-corrected chi connectivity index (χ2v) is 5.87. The Kier molecular flexibility index (Phi) is 4.31. The van der Waals surface area contributed by atoms with Crippen molar-refractivity contribution in [2.45, 2.75) is 0 Å². The minimum atomic E-state index is -2.04. The van der Waals surface area contributed by atoms with Gasteiger partial charge in [0.1, 0.15) is 5.52 Å².